The second kappa shape index (κ2) is 23.2. The normalized spacial score (nSPS) is 11.6. The van der Waals surface area contributed by atoms with E-state index >= 15 is 0 Å². The summed E-state index contributed by atoms with van der Waals surface area (Å²) in [5.41, 5.74) is 0. The van der Waals surface area contributed by atoms with Crippen molar-refractivity contribution in [3.05, 3.63) is 0 Å². The van der Waals surface area contributed by atoms with Crippen molar-refractivity contribution in [1.29, 1.82) is 0 Å². The van der Waals surface area contributed by atoms with E-state index in [9.17, 15) is 14.7 Å². The van der Waals surface area contributed by atoms with E-state index in [2.05, 4.69) is 12.2 Å². The first-order valence-electron chi connectivity index (χ1n) is 11.2. The number of carbonyl (C=O) groups is 2. The molecule has 160 valence electrons. The van der Waals surface area contributed by atoms with Crippen LogP contribution in [0.15, 0.2) is 0 Å². The molecule has 0 spiro atoms. The van der Waals surface area contributed by atoms with E-state index in [1.54, 1.807) is 0 Å². The molecule has 0 heterocycles. The van der Waals surface area contributed by atoms with Gasteiger partial charge in [0, 0.05) is 19.1 Å². The van der Waals surface area contributed by atoms with Crippen LogP contribution in [0.1, 0.15) is 110 Å². The molecule has 0 aliphatic heterocycles. The van der Waals surface area contributed by atoms with Gasteiger partial charge in [-0.3, -0.25) is 4.79 Å². The maximum absolute atomic E-state index is 11.7. The number of aliphatic carboxylic acids is 1. The fraction of sp³-hybridized carbons (Fsp3) is 0.909. The molecular formula is C22H42NNaO4. The van der Waals surface area contributed by atoms with Crippen molar-refractivity contribution in [1.82, 2.24) is 5.32 Å². The zero-order chi connectivity index (χ0) is 20.2. The average molecular weight is 408 g/mol. The van der Waals surface area contributed by atoms with E-state index in [-0.39, 0.29) is 54.5 Å². The zero-order valence-corrected chi connectivity index (χ0v) is 20.7. The van der Waals surface area contributed by atoms with Gasteiger partial charge in [0.1, 0.15) is 0 Å². The van der Waals surface area contributed by atoms with Crippen LogP contribution < -0.4 is 40.0 Å². The molecule has 1 N–H and O–H groups in total. The summed E-state index contributed by atoms with van der Waals surface area (Å²) in [6, 6.07) is 0. The van der Waals surface area contributed by atoms with Gasteiger partial charge >= 0.3 is 35.5 Å². The van der Waals surface area contributed by atoms with Crippen LogP contribution in [-0.2, 0) is 14.3 Å². The molecule has 0 rings (SSSR count). The third-order valence-corrected chi connectivity index (χ3v) is 4.81. The number of esters is 1. The summed E-state index contributed by atoms with van der Waals surface area (Å²) >= 11 is 0. The first kappa shape index (κ1) is 30.1. The Morgan fingerprint density at radius 3 is 1.79 bits per heavy atom. The summed E-state index contributed by atoms with van der Waals surface area (Å²) in [7, 11) is 0. The van der Waals surface area contributed by atoms with Crippen molar-refractivity contribution in [3.63, 3.8) is 0 Å². The summed E-state index contributed by atoms with van der Waals surface area (Å²) in [4.78, 5) is 21.9. The number of hydrogen-bond donors (Lipinski definition) is 1. The molecule has 1 atom stereocenters. The van der Waals surface area contributed by atoms with Crippen molar-refractivity contribution in [2.24, 2.45) is 0 Å². The topological polar surface area (TPSA) is 78.5 Å². The fourth-order valence-corrected chi connectivity index (χ4v) is 3.12. The van der Waals surface area contributed by atoms with E-state index in [0.717, 1.165) is 12.8 Å². The first-order chi connectivity index (χ1) is 13.1. The van der Waals surface area contributed by atoms with Crippen LogP contribution in [0.5, 0.6) is 0 Å². The second-order valence-electron chi connectivity index (χ2n) is 7.60. The van der Waals surface area contributed by atoms with Crippen molar-refractivity contribution in [2.75, 3.05) is 13.1 Å². The number of carboxylic acid groups (broad SMARTS) is 1. The Morgan fingerprint density at radius 2 is 1.29 bits per heavy atom. The number of carboxylic acids is 1. The van der Waals surface area contributed by atoms with Gasteiger partial charge in [-0.2, -0.15) is 0 Å². The van der Waals surface area contributed by atoms with Gasteiger partial charge < -0.3 is 20.0 Å². The molecule has 0 saturated heterocycles. The molecule has 28 heavy (non-hydrogen) atoms. The summed E-state index contributed by atoms with van der Waals surface area (Å²) in [6.45, 7) is 4.97. The smallest absolute Gasteiger partial charge is 0.550 e. The van der Waals surface area contributed by atoms with E-state index in [1.807, 2.05) is 6.92 Å². The fourth-order valence-electron chi connectivity index (χ4n) is 3.12. The Hall–Kier alpha value is -0.100. The largest absolute Gasteiger partial charge is 1.00 e. The Balaban J connectivity index is 0. The number of carbonyl (C=O) groups excluding carboxylic acids is 2. The van der Waals surface area contributed by atoms with Crippen LogP contribution in [0.25, 0.3) is 0 Å². The molecule has 0 aromatic carbocycles. The minimum absolute atomic E-state index is 0. The number of ether oxygens (including phenoxy) is 1. The number of hydrogen-bond acceptors (Lipinski definition) is 5. The molecule has 0 aromatic rings. The quantitative estimate of drug-likeness (QED) is 0.186. The third-order valence-electron chi connectivity index (χ3n) is 4.81. The summed E-state index contributed by atoms with van der Waals surface area (Å²) in [6.07, 6.45) is 17.0. The molecule has 5 nitrogen and oxygen atoms in total. The minimum Gasteiger partial charge on any atom is -0.550 e. The predicted octanol–water partition coefficient (Wildman–Crippen LogP) is 1.13. The van der Waals surface area contributed by atoms with Crippen LogP contribution in [-0.4, -0.2) is 31.1 Å². The standard InChI is InChI=1S/C22H43NO4.Na/c1-3-4-5-6-7-8-9-10-11-12-13-14-15-20(2)27-22(26)17-19-23-18-16-21(24)25;/h20,23H,3-19H2,1-2H3,(H,24,25);/q;+1/p-1. The Labute approximate surface area is 195 Å². The van der Waals surface area contributed by atoms with Gasteiger partial charge in [0.15, 0.2) is 0 Å². The SMILES string of the molecule is CCCCCCCCCCCCCCC(C)OC(=O)CCNCCC(=O)[O-].[Na+]. The van der Waals surface area contributed by atoms with Gasteiger partial charge in [-0.25, -0.2) is 0 Å². The number of nitrogens with one attached hydrogen (secondary N) is 1. The molecule has 1 unspecified atom stereocenters. The van der Waals surface area contributed by atoms with Crippen LogP contribution in [0, 0.1) is 0 Å². The van der Waals surface area contributed by atoms with Crippen molar-refractivity contribution >= 4 is 11.9 Å². The molecular weight excluding hydrogens is 365 g/mol. The molecule has 0 radical (unpaired) electrons. The number of rotatable bonds is 20. The maximum Gasteiger partial charge on any atom is 1.00 e. The van der Waals surface area contributed by atoms with Crippen LogP contribution in [0.4, 0.5) is 0 Å². The molecule has 6 heteroatoms. The van der Waals surface area contributed by atoms with Crippen molar-refractivity contribution < 1.29 is 49.0 Å². The van der Waals surface area contributed by atoms with Crippen LogP contribution in [0.2, 0.25) is 0 Å². The van der Waals surface area contributed by atoms with Gasteiger partial charge in [0.05, 0.1) is 12.5 Å². The molecule has 0 amide bonds. The van der Waals surface area contributed by atoms with E-state index in [0.29, 0.717) is 13.1 Å². The van der Waals surface area contributed by atoms with Gasteiger partial charge in [0.2, 0.25) is 0 Å². The Kier molecular flexibility index (Phi) is 24.9. The van der Waals surface area contributed by atoms with E-state index in [4.69, 9.17) is 4.74 Å². The molecule has 0 fully saturated rings. The summed E-state index contributed by atoms with van der Waals surface area (Å²) in [5, 5.41) is 13.1. The molecule has 0 bridgehead atoms. The average Bonchev–Trinajstić information content (AvgIpc) is 2.62. The number of unbranched alkanes of at least 4 members (excludes halogenated alkanes) is 11. The maximum atomic E-state index is 11.7. The molecule has 0 aliphatic rings. The van der Waals surface area contributed by atoms with Gasteiger partial charge in [0.25, 0.3) is 0 Å². The molecule has 0 aliphatic carbocycles. The summed E-state index contributed by atoms with van der Waals surface area (Å²) in [5.74, 6) is -1.30. The monoisotopic (exact) mass is 407 g/mol. The Bertz CT molecular complexity index is 366. The van der Waals surface area contributed by atoms with Gasteiger partial charge in [-0.15, -0.1) is 0 Å². The van der Waals surface area contributed by atoms with E-state index < -0.39 is 5.97 Å². The first-order valence-corrected chi connectivity index (χ1v) is 11.2. The van der Waals surface area contributed by atoms with Crippen molar-refractivity contribution in [3.8, 4) is 0 Å². The predicted molar refractivity (Wildman–Crippen MR) is 108 cm³/mol. The van der Waals surface area contributed by atoms with Crippen LogP contribution >= 0.6 is 0 Å². The third kappa shape index (κ3) is 23.9. The minimum atomic E-state index is -1.08. The molecule has 0 aromatic heterocycles. The molecule has 0 saturated carbocycles. The van der Waals surface area contributed by atoms with Crippen molar-refractivity contribution in [2.45, 2.75) is 116 Å². The second-order valence-corrected chi connectivity index (χ2v) is 7.60. The van der Waals surface area contributed by atoms with E-state index in [1.165, 1.54) is 70.6 Å². The van der Waals surface area contributed by atoms with Crippen LogP contribution in [0.3, 0.4) is 0 Å². The van der Waals surface area contributed by atoms with Gasteiger partial charge in [-0.1, -0.05) is 77.6 Å². The van der Waals surface area contributed by atoms with Gasteiger partial charge in [-0.05, 0) is 26.2 Å². The zero-order valence-electron chi connectivity index (χ0n) is 18.7. The Morgan fingerprint density at radius 1 is 0.821 bits per heavy atom. The summed E-state index contributed by atoms with van der Waals surface area (Å²) < 4.78 is 5.37.